The molecule has 1 aromatic rings. The summed E-state index contributed by atoms with van der Waals surface area (Å²) in [4.78, 5) is 0. The Balaban J connectivity index is 2.71. The average molecular weight is 229 g/mol. The van der Waals surface area contributed by atoms with Gasteiger partial charge in [-0.2, -0.15) is 13.2 Å². The van der Waals surface area contributed by atoms with Crippen LogP contribution < -0.4 is 4.74 Å². The average Bonchev–Trinajstić information content (AvgIpc) is 2.25. The molecule has 87 valence electrons. The Labute approximate surface area is 92.5 Å². The molecule has 1 aromatic carbocycles. The number of allylic oxidation sites excluding steroid dienone is 1. The predicted molar refractivity (Wildman–Crippen MR) is 56.2 cm³/mol. The van der Waals surface area contributed by atoms with Gasteiger partial charge >= 0.3 is 6.18 Å². The van der Waals surface area contributed by atoms with Crippen LogP contribution in [0.5, 0.6) is 5.75 Å². The molecule has 0 aliphatic heterocycles. The summed E-state index contributed by atoms with van der Waals surface area (Å²) in [5.74, 6) is 1.09. The van der Waals surface area contributed by atoms with Gasteiger partial charge < -0.3 is 4.74 Å². The van der Waals surface area contributed by atoms with E-state index in [2.05, 4.69) is 11.3 Å². The molecule has 0 amide bonds. The molecule has 1 radical (unpaired) electrons. The largest absolute Gasteiger partial charge is 0.484 e. The Kier molecular flexibility index (Phi) is 3.99. The molecule has 0 saturated heterocycles. The molecular weight excluding hydrogens is 217 g/mol. The second-order valence-corrected chi connectivity index (χ2v) is 3.32. The van der Waals surface area contributed by atoms with Crippen LogP contribution in [0.25, 0.3) is 0 Å². The second kappa shape index (κ2) is 5.05. The van der Waals surface area contributed by atoms with E-state index in [1.807, 2.05) is 6.92 Å². The van der Waals surface area contributed by atoms with Crippen LogP contribution in [-0.4, -0.2) is 12.8 Å². The smallest absolute Gasteiger partial charge is 0.422 e. The van der Waals surface area contributed by atoms with Crippen molar-refractivity contribution in [1.29, 1.82) is 0 Å². The predicted octanol–water partition coefficient (Wildman–Crippen LogP) is 3.76. The van der Waals surface area contributed by atoms with Gasteiger partial charge in [0.2, 0.25) is 0 Å². The number of hydrogen-bond donors (Lipinski definition) is 0. The monoisotopic (exact) mass is 229 g/mol. The maximum absolute atomic E-state index is 11.9. The zero-order valence-corrected chi connectivity index (χ0v) is 8.84. The number of benzene rings is 1. The van der Waals surface area contributed by atoms with Gasteiger partial charge in [0.1, 0.15) is 5.75 Å². The Bertz CT molecular complexity index is 358. The van der Waals surface area contributed by atoms with Crippen LogP contribution in [0.15, 0.2) is 36.9 Å². The number of hydrogen-bond acceptors (Lipinski definition) is 1. The molecule has 4 heteroatoms. The maximum atomic E-state index is 11.9. The topological polar surface area (TPSA) is 9.23 Å². The minimum absolute atomic E-state index is 0.205. The van der Waals surface area contributed by atoms with E-state index in [4.69, 9.17) is 0 Å². The third-order valence-corrected chi connectivity index (χ3v) is 2.00. The first-order chi connectivity index (χ1) is 7.42. The Morgan fingerprint density at radius 3 is 2.69 bits per heavy atom. The number of rotatable bonds is 4. The highest BCUT2D eigenvalue weighted by molar-refractivity contribution is 5.40. The van der Waals surface area contributed by atoms with E-state index in [-0.39, 0.29) is 5.75 Å². The molecule has 0 atom stereocenters. The van der Waals surface area contributed by atoms with Crippen LogP contribution in [0.1, 0.15) is 12.5 Å². The minimum Gasteiger partial charge on any atom is -0.484 e. The molecule has 1 rings (SSSR count). The highest BCUT2D eigenvalue weighted by atomic mass is 19.4. The summed E-state index contributed by atoms with van der Waals surface area (Å²) in [6.45, 7) is 4.15. The lowest BCUT2D eigenvalue weighted by Gasteiger charge is -2.11. The van der Waals surface area contributed by atoms with Crippen LogP contribution in [0.3, 0.4) is 0 Å². The van der Waals surface area contributed by atoms with Crippen LogP contribution in [0, 0.1) is 5.92 Å². The molecule has 0 bridgehead atoms. The lowest BCUT2D eigenvalue weighted by molar-refractivity contribution is -0.153. The van der Waals surface area contributed by atoms with Crippen LogP contribution in [0.4, 0.5) is 13.2 Å². The van der Waals surface area contributed by atoms with Gasteiger partial charge in [-0.05, 0) is 17.7 Å². The molecule has 0 aliphatic rings. The first-order valence-electron chi connectivity index (χ1n) is 4.68. The molecule has 0 heterocycles. The summed E-state index contributed by atoms with van der Waals surface area (Å²) >= 11 is 0. The van der Waals surface area contributed by atoms with Gasteiger partial charge in [-0.1, -0.05) is 25.1 Å². The normalized spacial score (nSPS) is 11.6. The summed E-state index contributed by atoms with van der Waals surface area (Å²) in [5.41, 5.74) is 0.801. The summed E-state index contributed by atoms with van der Waals surface area (Å²) < 4.78 is 40.4. The Morgan fingerprint density at radius 2 is 2.12 bits per heavy atom. The van der Waals surface area contributed by atoms with Crippen molar-refractivity contribution in [3.63, 3.8) is 0 Å². The molecular formula is C12H12F3O. The fraction of sp³-hybridized carbons (Fsp3) is 0.250. The highest BCUT2D eigenvalue weighted by Gasteiger charge is 2.28. The number of alkyl halides is 3. The molecule has 0 saturated carbocycles. The van der Waals surface area contributed by atoms with E-state index in [1.165, 1.54) is 6.07 Å². The van der Waals surface area contributed by atoms with Crippen LogP contribution in [0.2, 0.25) is 0 Å². The van der Waals surface area contributed by atoms with E-state index in [1.54, 1.807) is 24.3 Å². The van der Waals surface area contributed by atoms with E-state index in [0.717, 1.165) is 11.5 Å². The molecule has 0 aromatic heterocycles. The zero-order valence-electron chi connectivity index (χ0n) is 8.84. The van der Waals surface area contributed by atoms with E-state index < -0.39 is 12.8 Å². The van der Waals surface area contributed by atoms with Crippen molar-refractivity contribution in [2.45, 2.75) is 13.1 Å². The molecule has 0 fully saturated rings. The summed E-state index contributed by atoms with van der Waals surface area (Å²) in [7, 11) is 0. The highest BCUT2D eigenvalue weighted by Crippen LogP contribution is 2.22. The van der Waals surface area contributed by atoms with Crippen molar-refractivity contribution >= 4 is 0 Å². The Morgan fingerprint density at radius 1 is 1.44 bits per heavy atom. The Hall–Kier alpha value is -1.45. The first kappa shape index (κ1) is 12.6. The molecule has 16 heavy (non-hydrogen) atoms. The number of ether oxygens (including phenoxy) is 1. The van der Waals surface area contributed by atoms with Gasteiger partial charge in [0.05, 0.1) is 0 Å². The fourth-order valence-corrected chi connectivity index (χ4v) is 1.11. The van der Waals surface area contributed by atoms with Crippen LogP contribution in [-0.2, 0) is 0 Å². The lowest BCUT2D eigenvalue weighted by atomic mass is 10.0. The molecule has 0 N–H and O–H groups in total. The van der Waals surface area contributed by atoms with E-state index in [0.29, 0.717) is 0 Å². The van der Waals surface area contributed by atoms with E-state index in [9.17, 15) is 13.2 Å². The molecule has 0 aliphatic carbocycles. The summed E-state index contributed by atoms with van der Waals surface area (Å²) in [5, 5.41) is 0. The van der Waals surface area contributed by atoms with Crippen molar-refractivity contribution < 1.29 is 17.9 Å². The molecule has 1 nitrogen and oxygen atoms in total. The van der Waals surface area contributed by atoms with Gasteiger partial charge in [-0.3, -0.25) is 0 Å². The van der Waals surface area contributed by atoms with E-state index >= 15 is 0 Å². The van der Waals surface area contributed by atoms with Gasteiger partial charge in [0.15, 0.2) is 6.61 Å². The molecule has 0 spiro atoms. The van der Waals surface area contributed by atoms with Gasteiger partial charge in [0, 0.05) is 5.92 Å². The van der Waals surface area contributed by atoms with Crippen molar-refractivity contribution in [2.75, 3.05) is 6.61 Å². The van der Waals surface area contributed by atoms with Gasteiger partial charge in [0.25, 0.3) is 0 Å². The van der Waals surface area contributed by atoms with Crippen molar-refractivity contribution in [3.05, 3.63) is 48.4 Å². The maximum Gasteiger partial charge on any atom is 0.422 e. The minimum atomic E-state index is -4.31. The molecule has 0 unspecified atom stereocenters. The summed E-state index contributed by atoms with van der Waals surface area (Å²) in [6, 6.07) is 6.49. The van der Waals surface area contributed by atoms with Crippen molar-refractivity contribution in [1.82, 2.24) is 0 Å². The second-order valence-electron chi connectivity index (χ2n) is 3.32. The SMILES string of the molecule is C=C[C](C)c1cccc(OCC(F)(F)F)c1. The van der Waals surface area contributed by atoms with Gasteiger partial charge in [-0.25, -0.2) is 0 Å². The van der Waals surface area contributed by atoms with Gasteiger partial charge in [-0.15, -0.1) is 6.58 Å². The van der Waals surface area contributed by atoms with Crippen molar-refractivity contribution in [2.24, 2.45) is 0 Å². The third-order valence-electron chi connectivity index (χ3n) is 2.00. The first-order valence-corrected chi connectivity index (χ1v) is 4.68. The standard InChI is InChI=1S/C12H12F3O/c1-3-9(2)10-5-4-6-11(7-10)16-8-12(13,14)15/h3-7H,1,8H2,2H3. The van der Waals surface area contributed by atoms with Crippen LogP contribution >= 0.6 is 0 Å². The van der Waals surface area contributed by atoms with Crippen molar-refractivity contribution in [3.8, 4) is 5.75 Å². The third kappa shape index (κ3) is 3.96. The lowest BCUT2D eigenvalue weighted by Crippen LogP contribution is -2.19. The summed E-state index contributed by atoms with van der Waals surface area (Å²) in [6.07, 6.45) is -2.67. The zero-order chi connectivity index (χ0) is 12.2. The fourth-order valence-electron chi connectivity index (χ4n) is 1.11. The quantitative estimate of drug-likeness (QED) is 0.763. The number of halogens is 3.